The van der Waals surface area contributed by atoms with Gasteiger partial charge in [0.15, 0.2) is 10.3 Å². The Labute approximate surface area is 129 Å². The first-order chi connectivity index (χ1) is 10.3. The van der Waals surface area contributed by atoms with Crippen LogP contribution in [0.1, 0.15) is 5.69 Å². The van der Waals surface area contributed by atoms with Gasteiger partial charge in [-0.1, -0.05) is 18.2 Å². The zero-order chi connectivity index (χ0) is 14.5. The summed E-state index contributed by atoms with van der Waals surface area (Å²) in [5.41, 5.74) is 1.72. The fourth-order valence-electron chi connectivity index (χ4n) is 1.70. The van der Waals surface area contributed by atoms with Crippen molar-refractivity contribution in [2.24, 2.45) is 0 Å². The Hall–Kier alpha value is -2.25. The minimum atomic E-state index is -0.110. The van der Waals surface area contributed by atoms with Crippen molar-refractivity contribution in [3.8, 4) is 0 Å². The Morgan fingerprint density at radius 3 is 2.76 bits per heavy atom. The number of para-hydroxylation sites is 1. The molecule has 0 spiro atoms. The number of anilines is 3. The monoisotopic (exact) mass is 316 g/mol. The predicted molar refractivity (Wildman–Crippen MR) is 86.3 cm³/mol. The number of thiazole rings is 2. The molecule has 1 aromatic carbocycles. The molecule has 2 aromatic heterocycles. The standard InChI is InChI=1S/C14H12N4OS2/c19-12(18-13-15-6-7-20-13)8-11-9-21-14(17-11)16-10-4-2-1-3-5-10/h1-7,9H,8H2,(H,16,17)(H,15,18,19). The first-order valence-electron chi connectivity index (χ1n) is 6.25. The van der Waals surface area contributed by atoms with Crippen LogP contribution in [0.5, 0.6) is 0 Å². The lowest BCUT2D eigenvalue weighted by Crippen LogP contribution is -2.14. The molecule has 0 aliphatic rings. The predicted octanol–water partition coefficient (Wildman–Crippen LogP) is 3.52. The number of aromatic nitrogens is 2. The lowest BCUT2D eigenvalue weighted by Gasteiger charge is -2.01. The van der Waals surface area contributed by atoms with E-state index < -0.39 is 0 Å². The maximum atomic E-state index is 11.8. The van der Waals surface area contributed by atoms with Crippen LogP contribution in [0.4, 0.5) is 16.0 Å². The molecule has 0 atom stereocenters. The van der Waals surface area contributed by atoms with Gasteiger partial charge in [-0.25, -0.2) is 9.97 Å². The summed E-state index contributed by atoms with van der Waals surface area (Å²) in [5, 5.41) is 11.0. The van der Waals surface area contributed by atoms with Gasteiger partial charge in [-0.15, -0.1) is 22.7 Å². The van der Waals surface area contributed by atoms with Crippen LogP contribution in [-0.4, -0.2) is 15.9 Å². The summed E-state index contributed by atoms with van der Waals surface area (Å²) < 4.78 is 0. The van der Waals surface area contributed by atoms with Crippen LogP contribution in [0.15, 0.2) is 47.3 Å². The molecule has 3 aromatic rings. The Kier molecular flexibility index (Phi) is 4.23. The largest absolute Gasteiger partial charge is 0.332 e. The maximum Gasteiger partial charge on any atom is 0.232 e. The van der Waals surface area contributed by atoms with Crippen molar-refractivity contribution in [2.75, 3.05) is 10.6 Å². The van der Waals surface area contributed by atoms with Gasteiger partial charge in [0.2, 0.25) is 5.91 Å². The van der Waals surface area contributed by atoms with Crippen molar-refractivity contribution in [3.05, 3.63) is 53.0 Å². The van der Waals surface area contributed by atoms with Crippen LogP contribution in [-0.2, 0) is 11.2 Å². The molecule has 106 valence electrons. The minimum absolute atomic E-state index is 0.110. The van der Waals surface area contributed by atoms with E-state index >= 15 is 0 Å². The molecular weight excluding hydrogens is 304 g/mol. The average molecular weight is 316 g/mol. The van der Waals surface area contributed by atoms with Gasteiger partial charge in [-0.2, -0.15) is 0 Å². The summed E-state index contributed by atoms with van der Waals surface area (Å²) >= 11 is 2.87. The Morgan fingerprint density at radius 1 is 1.14 bits per heavy atom. The first-order valence-corrected chi connectivity index (χ1v) is 8.01. The van der Waals surface area contributed by atoms with Crippen molar-refractivity contribution in [2.45, 2.75) is 6.42 Å². The number of nitrogens with zero attached hydrogens (tertiary/aromatic N) is 2. The van der Waals surface area contributed by atoms with E-state index in [2.05, 4.69) is 20.6 Å². The molecule has 21 heavy (non-hydrogen) atoms. The summed E-state index contributed by atoms with van der Waals surface area (Å²) in [6, 6.07) is 9.81. The lowest BCUT2D eigenvalue weighted by molar-refractivity contribution is -0.115. The molecule has 2 N–H and O–H groups in total. The van der Waals surface area contributed by atoms with E-state index in [0.717, 1.165) is 16.5 Å². The molecule has 0 unspecified atom stereocenters. The van der Waals surface area contributed by atoms with Gasteiger partial charge < -0.3 is 10.6 Å². The number of amides is 1. The van der Waals surface area contributed by atoms with Gasteiger partial charge in [0.25, 0.3) is 0 Å². The molecular formula is C14H12N4OS2. The number of nitrogens with one attached hydrogen (secondary N) is 2. The van der Waals surface area contributed by atoms with Gasteiger partial charge in [0.1, 0.15) is 0 Å². The van der Waals surface area contributed by atoms with Gasteiger partial charge >= 0.3 is 0 Å². The number of carbonyl (C=O) groups is 1. The summed E-state index contributed by atoms with van der Waals surface area (Å²) in [6.07, 6.45) is 1.90. The highest BCUT2D eigenvalue weighted by molar-refractivity contribution is 7.14. The fourth-order valence-corrected chi connectivity index (χ4v) is 2.98. The van der Waals surface area contributed by atoms with Crippen LogP contribution >= 0.6 is 22.7 Å². The van der Waals surface area contributed by atoms with E-state index in [1.165, 1.54) is 22.7 Å². The van der Waals surface area contributed by atoms with Crippen LogP contribution < -0.4 is 10.6 Å². The van der Waals surface area contributed by atoms with Crippen LogP contribution in [0.25, 0.3) is 0 Å². The molecule has 5 nitrogen and oxygen atoms in total. The zero-order valence-corrected chi connectivity index (χ0v) is 12.6. The molecule has 7 heteroatoms. The van der Waals surface area contributed by atoms with E-state index in [1.807, 2.05) is 41.1 Å². The molecule has 0 saturated carbocycles. The van der Waals surface area contributed by atoms with E-state index in [0.29, 0.717) is 5.13 Å². The highest BCUT2D eigenvalue weighted by Gasteiger charge is 2.09. The molecule has 1 amide bonds. The Balaban J connectivity index is 1.59. The summed E-state index contributed by atoms with van der Waals surface area (Å²) in [4.78, 5) is 20.3. The highest BCUT2D eigenvalue weighted by Crippen LogP contribution is 2.21. The molecule has 0 saturated heterocycles. The summed E-state index contributed by atoms with van der Waals surface area (Å²) in [5.74, 6) is -0.110. The Morgan fingerprint density at radius 2 is 2.00 bits per heavy atom. The number of hydrogen-bond acceptors (Lipinski definition) is 6. The minimum Gasteiger partial charge on any atom is -0.332 e. The van der Waals surface area contributed by atoms with Gasteiger partial charge in [-0.3, -0.25) is 4.79 Å². The second-order valence-electron chi connectivity index (χ2n) is 4.20. The van der Waals surface area contributed by atoms with E-state index in [9.17, 15) is 4.79 Å². The smallest absolute Gasteiger partial charge is 0.232 e. The quantitative estimate of drug-likeness (QED) is 0.756. The maximum absolute atomic E-state index is 11.8. The van der Waals surface area contributed by atoms with Crippen molar-refractivity contribution in [3.63, 3.8) is 0 Å². The first kappa shape index (κ1) is 13.7. The van der Waals surface area contributed by atoms with Gasteiger partial charge in [-0.05, 0) is 12.1 Å². The van der Waals surface area contributed by atoms with Gasteiger partial charge in [0.05, 0.1) is 12.1 Å². The molecule has 0 aliphatic carbocycles. The fraction of sp³-hybridized carbons (Fsp3) is 0.0714. The van der Waals surface area contributed by atoms with Gasteiger partial charge in [0, 0.05) is 22.6 Å². The number of rotatable bonds is 5. The molecule has 3 rings (SSSR count). The number of carbonyl (C=O) groups excluding carboxylic acids is 1. The molecule has 0 aliphatic heterocycles. The van der Waals surface area contributed by atoms with E-state index in [4.69, 9.17) is 0 Å². The SMILES string of the molecule is O=C(Cc1csc(Nc2ccccc2)n1)Nc1nccs1. The average Bonchev–Trinajstić information content (AvgIpc) is 3.12. The summed E-state index contributed by atoms with van der Waals surface area (Å²) in [6.45, 7) is 0. The van der Waals surface area contributed by atoms with E-state index in [1.54, 1.807) is 6.20 Å². The third-order valence-electron chi connectivity index (χ3n) is 2.60. The normalized spacial score (nSPS) is 10.3. The lowest BCUT2D eigenvalue weighted by atomic mass is 10.3. The topological polar surface area (TPSA) is 66.9 Å². The van der Waals surface area contributed by atoms with E-state index in [-0.39, 0.29) is 12.3 Å². The third kappa shape index (κ3) is 3.87. The molecule has 0 radical (unpaired) electrons. The van der Waals surface area contributed by atoms with Crippen LogP contribution in [0.2, 0.25) is 0 Å². The molecule has 0 fully saturated rings. The van der Waals surface area contributed by atoms with Crippen molar-refractivity contribution >= 4 is 44.5 Å². The number of benzene rings is 1. The van der Waals surface area contributed by atoms with Crippen LogP contribution in [0, 0.1) is 0 Å². The van der Waals surface area contributed by atoms with Crippen LogP contribution in [0.3, 0.4) is 0 Å². The molecule has 2 heterocycles. The van der Waals surface area contributed by atoms with Crippen molar-refractivity contribution in [1.29, 1.82) is 0 Å². The third-order valence-corrected chi connectivity index (χ3v) is 4.09. The zero-order valence-electron chi connectivity index (χ0n) is 10.9. The highest BCUT2D eigenvalue weighted by atomic mass is 32.1. The molecule has 0 bridgehead atoms. The van der Waals surface area contributed by atoms with Crippen molar-refractivity contribution in [1.82, 2.24) is 9.97 Å². The second-order valence-corrected chi connectivity index (χ2v) is 5.95. The van der Waals surface area contributed by atoms with Crippen molar-refractivity contribution < 1.29 is 4.79 Å². The second kappa shape index (κ2) is 6.47. The summed E-state index contributed by atoms with van der Waals surface area (Å²) in [7, 11) is 0. The Bertz CT molecular complexity index is 710. The number of hydrogen-bond donors (Lipinski definition) is 2.